The lowest BCUT2D eigenvalue weighted by Crippen LogP contribution is -2.53. The number of hydrogen-bond donors (Lipinski definition) is 1. The second-order valence-electron chi connectivity index (χ2n) is 13.5. The zero-order valence-electron chi connectivity index (χ0n) is 26.9. The lowest BCUT2D eigenvalue weighted by atomic mass is 9.77. The Hall–Kier alpha value is -3.59. The van der Waals surface area contributed by atoms with Crippen molar-refractivity contribution in [3.05, 3.63) is 53.2 Å². The molecule has 4 heterocycles. The van der Waals surface area contributed by atoms with E-state index < -0.39 is 6.09 Å². The zero-order chi connectivity index (χ0) is 31.4. The Kier molecular flexibility index (Phi) is 9.83. The Morgan fingerprint density at radius 2 is 1.84 bits per heavy atom. The molecule has 0 aliphatic carbocycles. The number of benzene rings is 1. The van der Waals surface area contributed by atoms with Gasteiger partial charge in [0.1, 0.15) is 6.10 Å². The number of amides is 1. The van der Waals surface area contributed by atoms with Crippen molar-refractivity contribution in [1.82, 2.24) is 19.4 Å². The predicted molar refractivity (Wildman–Crippen MR) is 174 cm³/mol. The fraction of sp³-hybridized carbons (Fsp3) is 0.571. The molecule has 2 saturated heterocycles. The lowest BCUT2D eigenvalue weighted by molar-refractivity contribution is 0.0249. The molecule has 2 atom stereocenters. The zero-order valence-corrected chi connectivity index (χ0v) is 26.9. The first-order chi connectivity index (χ1) is 21.1. The molecule has 9 heteroatoms. The number of carboxylic acid groups (broad SMARTS) is 1. The second-order valence-corrected chi connectivity index (χ2v) is 13.5. The van der Waals surface area contributed by atoms with Gasteiger partial charge in [0.15, 0.2) is 11.5 Å². The highest BCUT2D eigenvalue weighted by molar-refractivity contribution is 5.95. The summed E-state index contributed by atoms with van der Waals surface area (Å²) in [7, 11) is 1.67. The van der Waals surface area contributed by atoms with Crippen LogP contribution in [0.25, 0.3) is 21.9 Å². The highest BCUT2D eigenvalue weighted by atomic mass is 16.5. The molecule has 0 bridgehead atoms. The minimum atomic E-state index is -0.800. The van der Waals surface area contributed by atoms with Gasteiger partial charge in [0.25, 0.3) is 5.56 Å². The average Bonchev–Trinajstić information content (AvgIpc) is 3.01. The number of likely N-dealkylation sites (tertiary alicyclic amines) is 2. The van der Waals surface area contributed by atoms with E-state index in [-0.39, 0.29) is 23.1 Å². The minimum absolute atomic E-state index is 0.0108. The number of methoxy groups -OCH3 is 1. The van der Waals surface area contributed by atoms with E-state index in [0.29, 0.717) is 30.1 Å². The number of aryl methyl sites for hydroxylation is 1. The standard InChI is InChI=1S/C35H48N4O5/c1-6-7-15-38-23-29(27-10-14-36-21-28(27)33(38)40)25-8-9-30(31(20-25)43-5)44-26-12-16-37(17-13-26)22-24-11-18-39(34(41)42)32(19-24)35(2,3)4/h8-10,14,20-21,23-24,26,32H,6-7,11-13,15-19,22H2,1-5H3,(H,41,42). The molecule has 238 valence electrons. The van der Waals surface area contributed by atoms with Crippen molar-refractivity contribution in [2.24, 2.45) is 11.3 Å². The molecule has 44 heavy (non-hydrogen) atoms. The highest BCUT2D eigenvalue weighted by Crippen LogP contribution is 2.37. The normalized spacial score (nSPS) is 20.2. The van der Waals surface area contributed by atoms with Gasteiger partial charge in [-0.05, 0) is 72.6 Å². The quantitative estimate of drug-likeness (QED) is 0.297. The average molecular weight is 605 g/mol. The number of hydrogen-bond acceptors (Lipinski definition) is 6. The van der Waals surface area contributed by atoms with E-state index in [1.807, 2.05) is 30.5 Å². The summed E-state index contributed by atoms with van der Waals surface area (Å²) in [6.07, 6.45) is 10.3. The fourth-order valence-corrected chi connectivity index (χ4v) is 6.90. The van der Waals surface area contributed by atoms with Crippen LogP contribution >= 0.6 is 0 Å². The Morgan fingerprint density at radius 3 is 2.52 bits per heavy atom. The second kappa shape index (κ2) is 13.6. The van der Waals surface area contributed by atoms with Gasteiger partial charge < -0.3 is 28.9 Å². The molecule has 2 unspecified atom stereocenters. The van der Waals surface area contributed by atoms with Crippen LogP contribution in [0.4, 0.5) is 4.79 Å². The summed E-state index contributed by atoms with van der Waals surface area (Å²) in [6, 6.07) is 7.98. The Balaban J connectivity index is 1.24. The van der Waals surface area contributed by atoms with Crippen molar-refractivity contribution in [2.45, 2.75) is 84.9 Å². The summed E-state index contributed by atoms with van der Waals surface area (Å²) in [4.78, 5) is 33.3. The van der Waals surface area contributed by atoms with E-state index >= 15 is 0 Å². The molecule has 1 N–H and O–H groups in total. The molecule has 2 fully saturated rings. The van der Waals surface area contributed by atoms with Gasteiger partial charge >= 0.3 is 6.09 Å². The largest absolute Gasteiger partial charge is 0.493 e. The van der Waals surface area contributed by atoms with Crippen molar-refractivity contribution in [3.63, 3.8) is 0 Å². The van der Waals surface area contributed by atoms with Crippen molar-refractivity contribution < 1.29 is 19.4 Å². The van der Waals surface area contributed by atoms with E-state index in [0.717, 1.165) is 80.4 Å². The van der Waals surface area contributed by atoms with Gasteiger partial charge in [0, 0.05) is 62.9 Å². The number of fused-ring (bicyclic) bond motifs is 1. The van der Waals surface area contributed by atoms with E-state index in [4.69, 9.17) is 9.47 Å². The van der Waals surface area contributed by atoms with Crippen LogP contribution in [-0.4, -0.2) is 76.0 Å². The number of nitrogens with zero attached hydrogens (tertiary/aromatic N) is 4. The summed E-state index contributed by atoms with van der Waals surface area (Å²) >= 11 is 0. The first kappa shape index (κ1) is 31.8. The third-order valence-electron chi connectivity index (χ3n) is 9.42. The molecule has 1 aromatic carbocycles. The monoisotopic (exact) mass is 604 g/mol. The molecule has 9 nitrogen and oxygen atoms in total. The summed E-state index contributed by atoms with van der Waals surface area (Å²) in [5, 5.41) is 11.2. The number of aromatic nitrogens is 2. The summed E-state index contributed by atoms with van der Waals surface area (Å²) in [5.74, 6) is 1.91. The van der Waals surface area contributed by atoms with E-state index in [9.17, 15) is 14.7 Å². The molecule has 2 aliphatic rings. The Labute approximate surface area is 260 Å². The summed E-state index contributed by atoms with van der Waals surface area (Å²) in [6.45, 7) is 12.8. The number of pyridine rings is 2. The number of unbranched alkanes of at least 4 members (excludes halogenated alkanes) is 1. The van der Waals surface area contributed by atoms with E-state index in [1.54, 1.807) is 29.0 Å². The van der Waals surface area contributed by atoms with Gasteiger partial charge in [-0.1, -0.05) is 40.2 Å². The van der Waals surface area contributed by atoms with Crippen molar-refractivity contribution in [2.75, 3.05) is 33.3 Å². The van der Waals surface area contributed by atoms with Crippen molar-refractivity contribution in [1.29, 1.82) is 0 Å². The molecule has 0 spiro atoms. The number of ether oxygens (including phenoxy) is 2. The molecule has 2 aromatic heterocycles. The van der Waals surface area contributed by atoms with E-state index in [2.05, 4.69) is 37.6 Å². The van der Waals surface area contributed by atoms with Gasteiger partial charge in [-0.2, -0.15) is 0 Å². The Morgan fingerprint density at radius 1 is 1.07 bits per heavy atom. The van der Waals surface area contributed by atoms with Crippen LogP contribution in [0, 0.1) is 11.3 Å². The van der Waals surface area contributed by atoms with Crippen LogP contribution in [0.3, 0.4) is 0 Å². The van der Waals surface area contributed by atoms with Crippen molar-refractivity contribution in [3.8, 4) is 22.6 Å². The number of piperidine rings is 2. The van der Waals surface area contributed by atoms with Gasteiger partial charge in [0.2, 0.25) is 0 Å². The molecule has 5 rings (SSSR count). The number of rotatable bonds is 9. The Bertz CT molecular complexity index is 1510. The molecule has 0 saturated carbocycles. The first-order valence-corrected chi connectivity index (χ1v) is 16.1. The maximum absolute atomic E-state index is 13.1. The van der Waals surface area contributed by atoms with Crippen molar-refractivity contribution >= 4 is 16.9 Å². The third-order valence-corrected chi connectivity index (χ3v) is 9.42. The topological polar surface area (TPSA) is 97.1 Å². The molecule has 1 amide bonds. The van der Waals surface area contributed by atoms with Crippen LogP contribution in [0.2, 0.25) is 0 Å². The van der Waals surface area contributed by atoms with Gasteiger partial charge in [-0.25, -0.2) is 4.79 Å². The third kappa shape index (κ3) is 7.04. The van der Waals surface area contributed by atoms with Crippen LogP contribution in [0.5, 0.6) is 11.5 Å². The van der Waals surface area contributed by atoms with Gasteiger partial charge in [0.05, 0.1) is 12.5 Å². The van der Waals surface area contributed by atoms with Crippen LogP contribution in [0.1, 0.15) is 66.2 Å². The van der Waals surface area contributed by atoms with Crippen LogP contribution < -0.4 is 15.0 Å². The summed E-state index contributed by atoms with van der Waals surface area (Å²) in [5.41, 5.74) is 1.85. The molecule has 0 radical (unpaired) electrons. The van der Waals surface area contributed by atoms with E-state index in [1.165, 1.54) is 0 Å². The smallest absolute Gasteiger partial charge is 0.407 e. The highest BCUT2D eigenvalue weighted by Gasteiger charge is 2.39. The predicted octanol–water partition coefficient (Wildman–Crippen LogP) is 6.52. The maximum atomic E-state index is 13.1. The van der Waals surface area contributed by atoms with Crippen LogP contribution in [0.15, 0.2) is 47.7 Å². The molecular formula is C35H48N4O5. The van der Waals surface area contributed by atoms with Crippen LogP contribution in [-0.2, 0) is 6.54 Å². The minimum Gasteiger partial charge on any atom is -0.493 e. The van der Waals surface area contributed by atoms with Gasteiger partial charge in [-0.15, -0.1) is 0 Å². The molecule has 3 aromatic rings. The van der Waals surface area contributed by atoms with Gasteiger partial charge in [-0.3, -0.25) is 9.78 Å². The maximum Gasteiger partial charge on any atom is 0.407 e. The first-order valence-electron chi connectivity index (χ1n) is 16.1. The lowest BCUT2D eigenvalue weighted by Gasteiger charge is -2.46. The molecule has 2 aliphatic heterocycles. The number of carbonyl (C=O) groups is 1. The SMILES string of the molecule is CCCCn1cc(-c2ccc(OC3CCN(CC4CCN(C(=O)O)C(C(C)(C)C)C4)CC3)c(OC)c2)c2ccncc2c1=O. The molecular weight excluding hydrogens is 556 g/mol. The summed E-state index contributed by atoms with van der Waals surface area (Å²) < 4.78 is 14.1. The fourth-order valence-electron chi connectivity index (χ4n) is 6.90.